The Bertz CT molecular complexity index is 1060. The van der Waals surface area contributed by atoms with Gasteiger partial charge in [-0.25, -0.2) is 9.78 Å². The van der Waals surface area contributed by atoms with Crippen LogP contribution in [0.15, 0.2) is 47.8 Å². The molecule has 3 amide bonds. The number of hydrogen-bond donors (Lipinski definition) is 3. The van der Waals surface area contributed by atoms with Gasteiger partial charge >= 0.3 is 6.03 Å². The highest BCUT2D eigenvalue weighted by Gasteiger charge is 2.14. The van der Waals surface area contributed by atoms with Gasteiger partial charge in [0, 0.05) is 17.6 Å². The minimum absolute atomic E-state index is 0.119. The monoisotopic (exact) mass is 470 g/mol. The summed E-state index contributed by atoms with van der Waals surface area (Å²) in [5, 5.41) is 10.4. The predicted molar refractivity (Wildman–Crippen MR) is 128 cm³/mol. The van der Waals surface area contributed by atoms with Crippen LogP contribution in [0.3, 0.4) is 0 Å². The first-order valence-electron chi connectivity index (χ1n) is 10.2. The van der Waals surface area contributed by atoms with E-state index in [1.165, 1.54) is 11.3 Å². The third kappa shape index (κ3) is 6.84. The Balaban J connectivity index is 1.47. The van der Waals surface area contributed by atoms with E-state index >= 15 is 0 Å². The molecule has 9 nitrogen and oxygen atoms in total. The maximum absolute atomic E-state index is 12.3. The molecule has 0 unspecified atom stereocenters. The fourth-order valence-electron chi connectivity index (χ4n) is 3.08. The second-order valence-corrected chi connectivity index (χ2v) is 7.76. The molecule has 33 heavy (non-hydrogen) atoms. The number of carbonyl (C=O) groups is 2. The van der Waals surface area contributed by atoms with Crippen molar-refractivity contribution < 1.29 is 23.8 Å². The Morgan fingerprint density at radius 2 is 1.67 bits per heavy atom. The van der Waals surface area contributed by atoms with Gasteiger partial charge in [0.1, 0.15) is 0 Å². The minimum Gasteiger partial charge on any atom is -0.493 e. The number of rotatable bonds is 10. The Morgan fingerprint density at radius 3 is 2.30 bits per heavy atom. The van der Waals surface area contributed by atoms with Gasteiger partial charge < -0.3 is 24.8 Å². The number of ether oxygens (including phenoxy) is 3. The summed E-state index contributed by atoms with van der Waals surface area (Å²) in [7, 11) is 4.67. The number of nitrogens with zero attached hydrogens (tertiary/aromatic N) is 1. The quantitative estimate of drug-likeness (QED) is 0.417. The van der Waals surface area contributed by atoms with Crippen molar-refractivity contribution in [2.45, 2.75) is 12.8 Å². The Hall–Kier alpha value is -3.79. The van der Waals surface area contributed by atoms with Crippen molar-refractivity contribution in [1.29, 1.82) is 0 Å². The zero-order valence-corrected chi connectivity index (χ0v) is 19.5. The van der Waals surface area contributed by atoms with Gasteiger partial charge in [0.05, 0.1) is 33.4 Å². The lowest BCUT2D eigenvalue weighted by Gasteiger charge is -2.14. The van der Waals surface area contributed by atoms with E-state index in [9.17, 15) is 9.59 Å². The molecule has 10 heteroatoms. The Morgan fingerprint density at radius 1 is 0.970 bits per heavy atom. The van der Waals surface area contributed by atoms with Crippen molar-refractivity contribution in [2.75, 3.05) is 38.5 Å². The van der Waals surface area contributed by atoms with Gasteiger partial charge in [-0.2, -0.15) is 0 Å². The van der Waals surface area contributed by atoms with Crippen LogP contribution in [-0.2, 0) is 17.6 Å². The number of urea groups is 1. The lowest BCUT2D eigenvalue weighted by atomic mass is 10.1. The standard InChI is InChI=1S/C23H26N4O5S/c1-30-18-11-15(12-19(31-2)21(18)32-3)9-10-24-20(28)13-17-14-33-23(26-17)27-22(29)25-16-7-5-4-6-8-16/h4-8,11-12,14H,9-10,13H2,1-3H3,(H,24,28)(H2,25,26,27,29). The number of aromatic nitrogens is 1. The van der Waals surface area contributed by atoms with Crippen LogP contribution in [0.4, 0.5) is 15.6 Å². The first kappa shape index (κ1) is 23.9. The molecule has 0 atom stereocenters. The largest absolute Gasteiger partial charge is 0.493 e. The molecule has 3 rings (SSSR count). The van der Waals surface area contributed by atoms with E-state index in [0.717, 1.165) is 5.56 Å². The fourth-order valence-corrected chi connectivity index (χ4v) is 3.78. The molecule has 0 fully saturated rings. The number of anilines is 2. The molecular weight excluding hydrogens is 444 g/mol. The highest BCUT2D eigenvalue weighted by atomic mass is 32.1. The molecule has 0 aliphatic rings. The van der Waals surface area contributed by atoms with Crippen molar-refractivity contribution in [3.63, 3.8) is 0 Å². The van der Waals surface area contributed by atoms with Gasteiger partial charge in [0.15, 0.2) is 16.6 Å². The number of nitrogens with one attached hydrogen (secondary N) is 3. The van der Waals surface area contributed by atoms with Gasteiger partial charge in [0.25, 0.3) is 0 Å². The summed E-state index contributed by atoms with van der Waals surface area (Å²) in [4.78, 5) is 28.7. The van der Waals surface area contributed by atoms with Crippen LogP contribution in [0.25, 0.3) is 0 Å². The van der Waals surface area contributed by atoms with Gasteiger partial charge in [-0.05, 0) is 36.2 Å². The molecule has 174 valence electrons. The Labute approximate surface area is 196 Å². The van der Waals surface area contributed by atoms with Crippen LogP contribution in [-0.4, -0.2) is 44.8 Å². The second-order valence-electron chi connectivity index (χ2n) is 6.90. The average molecular weight is 471 g/mol. The van der Waals surface area contributed by atoms with E-state index in [1.807, 2.05) is 30.3 Å². The van der Waals surface area contributed by atoms with Crippen LogP contribution < -0.4 is 30.2 Å². The topological polar surface area (TPSA) is 111 Å². The number of carbonyl (C=O) groups excluding carboxylic acids is 2. The lowest BCUT2D eigenvalue weighted by Crippen LogP contribution is -2.27. The van der Waals surface area contributed by atoms with Crippen LogP contribution in [0.5, 0.6) is 17.2 Å². The molecule has 0 saturated heterocycles. The predicted octanol–water partition coefficient (Wildman–Crippen LogP) is 3.71. The number of hydrogen-bond acceptors (Lipinski definition) is 7. The average Bonchev–Trinajstić information content (AvgIpc) is 3.25. The van der Waals surface area contributed by atoms with Gasteiger partial charge in [0.2, 0.25) is 11.7 Å². The molecule has 0 spiro atoms. The third-order valence-electron chi connectivity index (χ3n) is 4.61. The van der Waals surface area contributed by atoms with Gasteiger partial charge in [-0.15, -0.1) is 11.3 Å². The smallest absolute Gasteiger partial charge is 0.325 e. The van der Waals surface area contributed by atoms with E-state index in [0.29, 0.717) is 46.7 Å². The number of amides is 3. The molecular formula is C23H26N4O5S. The molecule has 3 N–H and O–H groups in total. The summed E-state index contributed by atoms with van der Waals surface area (Å²) < 4.78 is 16.0. The molecule has 0 aliphatic carbocycles. The zero-order chi connectivity index (χ0) is 23.6. The van der Waals surface area contributed by atoms with Crippen molar-refractivity contribution in [3.05, 3.63) is 59.1 Å². The molecule has 0 radical (unpaired) electrons. The van der Waals surface area contributed by atoms with Crippen molar-refractivity contribution in [1.82, 2.24) is 10.3 Å². The van der Waals surface area contributed by atoms with Crippen molar-refractivity contribution in [3.8, 4) is 17.2 Å². The maximum Gasteiger partial charge on any atom is 0.325 e. The Kier molecular flexibility index (Phi) is 8.48. The SMILES string of the molecule is COc1cc(CCNC(=O)Cc2csc(NC(=O)Nc3ccccc3)n2)cc(OC)c1OC. The maximum atomic E-state index is 12.3. The van der Waals surface area contributed by atoms with Crippen LogP contribution in [0, 0.1) is 0 Å². The van der Waals surface area contributed by atoms with E-state index < -0.39 is 6.03 Å². The number of methoxy groups -OCH3 is 3. The van der Waals surface area contributed by atoms with E-state index in [1.54, 1.807) is 38.8 Å². The lowest BCUT2D eigenvalue weighted by molar-refractivity contribution is -0.120. The molecule has 1 aromatic heterocycles. The number of para-hydroxylation sites is 1. The zero-order valence-electron chi connectivity index (χ0n) is 18.6. The van der Waals surface area contributed by atoms with E-state index in [4.69, 9.17) is 14.2 Å². The van der Waals surface area contributed by atoms with E-state index in [2.05, 4.69) is 20.9 Å². The third-order valence-corrected chi connectivity index (χ3v) is 5.41. The molecule has 2 aromatic carbocycles. The molecule has 0 aliphatic heterocycles. The molecule has 3 aromatic rings. The molecule has 0 bridgehead atoms. The van der Waals surface area contributed by atoms with Crippen LogP contribution in [0.1, 0.15) is 11.3 Å². The summed E-state index contributed by atoms with van der Waals surface area (Å²) in [6.45, 7) is 0.437. The normalized spacial score (nSPS) is 10.3. The molecule has 0 saturated carbocycles. The number of thiazole rings is 1. The summed E-state index contributed by atoms with van der Waals surface area (Å²) in [5.41, 5.74) is 2.20. The van der Waals surface area contributed by atoms with Gasteiger partial charge in [-0.3, -0.25) is 10.1 Å². The van der Waals surface area contributed by atoms with Crippen LogP contribution >= 0.6 is 11.3 Å². The highest BCUT2D eigenvalue weighted by Crippen LogP contribution is 2.38. The first-order valence-corrected chi connectivity index (χ1v) is 11.0. The van der Waals surface area contributed by atoms with Crippen molar-refractivity contribution >= 4 is 34.1 Å². The number of benzene rings is 2. The van der Waals surface area contributed by atoms with Crippen molar-refractivity contribution in [2.24, 2.45) is 0 Å². The fraction of sp³-hybridized carbons (Fsp3) is 0.261. The minimum atomic E-state index is -0.392. The van der Waals surface area contributed by atoms with Gasteiger partial charge in [-0.1, -0.05) is 18.2 Å². The van der Waals surface area contributed by atoms with Crippen LogP contribution in [0.2, 0.25) is 0 Å². The summed E-state index contributed by atoms with van der Waals surface area (Å²) in [6.07, 6.45) is 0.708. The molecule has 1 heterocycles. The summed E-state index contributed by atoms with van der Waals surface area (Å²) in [5.74, 6) is 1.50. The first-order chi connectivity index (χ1) is 16.0. The summed E-state index contributed by atoms with van der Waals surface area (Å²) >= 11 is 1.26. The van der Waals surface area contributed by atoms with E-state index in [-0.39, 0.29) is 12.3 Å². The highest BCUT2D eigenvalue weighted by molar-refractivity contribution is 7.14. The second kappa shape index (κ2) is 11.7. The summed E-state index contributed by atoms with van der Waals surface area (Å²) in [6, 6.07) is 12.4.